The zero-order chi connectivity index (χ0) is 19.6. The van der Waals surface area contributed by atoms with Gasteiger partial charge in [0.25, 0.3) is 5.91 Å². The van der Waals surface area contributed by atoms with E-state index in [1.54, 1.807) is 7.11 Å². The molecule has 2 aliphatic heterocycles. The third-order valence-corrected chi connectivity index (χ3v) is 6.37. The number of ether oxygens (including phenoxy) is 1. The van der Waals surface area contributed by atoms with Gasteiger partial charge in [-0.15, -0.1) is 0 Å². The second kappa shape index (κ2) is 5.94. The van der Waals surface area contributed by atoms with E-state index in [4.69, 9.17) is 9.15 Å². The van der Waals surface area contributed by atoms with Gasteiger partial charge in [0, 0.05) is 42.4 Å². The molecule has 6 heteroatoms. The summed E-state index contributed by atoms with van der Waals surface area (Å²) in [7, 11) is 1.66. The van der Waals surface area contributed by atoms with Crippen LogP contribution in [-0.2, 0) is 19.3 Å². The molecule has 6 rings (SSSR count). The molecule has 1 aliphatic carbocycles. The number of benzene rings is 1. The average Bonchev–Trinajstić information content (AvgIpc) is 3.11. The van der Waals surface area contributed by atoms with E-state index in [0.29, 0.717) is 0 Å². The molecule has 3 aromatic rings. The first-order chi connectivity index (χ1) is 14.2. The van der Waals surface area contributed by atoms with E-state index in [2.05, 4.69) is 21.7 Å². The Labute approximate surface area is 168 Å². The van der Waals surface area contributed by atoms with Crippen LogP contribution >= 0.6 is 0 Å². The predicted molar refractivity (Wildman–Crippen MR) is 108 cm³/mol. The van der Waals surface area contributed by atoms with Crippen LogP contribution in [0.3, 0.4) is 0 Å². The summed E-state index contributed by atoms with van der Waals surface area (Å²) in [4.78, 5) is 17.5. The van der Waals surface area contributed by atoms with Crippen molar-refractivity contribution in [2.75, 3.05) is 20.2 Å². The molecule has 0 unspecified atom stereocenters. The minimum absolute atomic E-state index is 0.00522. The van der Waals surface area contributed by atoms with Crippen LogP contribution in [-0.4, -0.2) is 36.6 Å². The number of pyridine rings is 1. The monoisotopic (exact) mass is 387 g/mol. The molecule has 3 aliphatic rings. The van der Waals surface area contributed by atoms with Gasteiger partial charge in [-0.3, -0.25) is 9.78 Å². The summed E-state index contributed by atoms with van der Waals surface area (Å²) in [5.74, 6) is 2.49. The molecule has 1 saturated heterocycles. The lowest BCUT2D eigenvalue weighted by atomic mass is 9.81. The molecule has 146 valence electrons. The van der Waals surface area contributed by atoms with E-state index in [9.17, 15) is 4.79 Å². The molecule has 0 radical (unpaired) electrons. The summed E-state index contributed by atoms with van der Waals surface area (Å²) in [5, 5.41) is 6.47. The number of hydrogen-bond donors (Lipinski definition) is 2. The maximum Gasteiger partial charge on any atom is 0.255 e. The van der Waals surface area contributed by atoms with E-state index in [0.717, 1.165) is 77.6 Å². The quantitative estimate of drug-likeness (QED) is 0.707. The highest BCUT2D eigenvalue weighted by atomic mass is 16.5. The summed E-state index contributed by atoms with van der Waals surface area (Å²) in [6.07, 6.45) is 4.37. The molecular weight excluding hydrogens is 366 g/mol. The molecule has 1 aromatic carbocycles. The van der Waals surface area contributed by atoms with Gasteiger partial charge in [0.1, 0.15) is 17.3 Å². The smallest absolute Gasteiger partial charge is 0.255 e. The molecule has 1 amide bonds. The number of hydrogen-bond acceptors (Lipinski definition) is 5. The Kier molecular flexibility index (Phi) is 3.44. The highest BCUT2D eigenvalue weighted by molar-refractivity contribution is 6.00. The molecule has 29 heavy (non-hydrogen) atoms. The highest BCUT2D eigenvalue weighted by Crippen LogP contribution is 2.42. The molecule has 1 spiro atoms. The highest BCUT2D eigenvalue weighted by Gasteiger charge is 2.46. The van der Waals surface area contributed by atoms with E-state index in [1.165, 1.54) is 5.56 Å². The number of carbonyl (C=O) groups excluding carboxylic acids is 1. The molecule has 0 bridgehead atoms. The average molecular weight is 387 g/mol. The normalized spacial score (nSPS) is 18.3. The SMILES string of the molecule is COc1ccc(-c2cc3c(cn2)CCc2c-3oc3c2C(=O)NC2(CNC2)C3)cc1. The Morgan fingerprint density at radius 1 is 1.17 bits per heavy atom. The van der Waals surface area contributed by atoms with Crippen molar-refractivity contribution in [2.24, 2.45) is 0 Å². The number of nitrogens with zero attached hydrogens (tertiary/aromatic N) is 1. The minimum Gasteiger partial charge on any atom is -0.497 e. The van der Waals surface area contributed by atoms with Gasteiger partial charge in [-0.2, -0.15) is 0 Å². The number of rotatable bonds is 2. The van der Waals surface area contributed by atoms with Crippen LogP contribution < -0.4 is 15.4 Å². The molecule has 6 nitrogen and oxygen atoms in total. The van der Waals surface area contributed by atoms with Gasteiger partial charge in [-0.05, 0) is 48.7 Å². The Morgan fingerprint density at radius 3 is 2.72 bits per heavy atom. The number of furan rings is 1. The van der Waals surface area contributed by atoms with Crippen molar-refractivity contribution in [1.29, 1.82) is 0 Å². The van der Waals surface area contributed by atoms with E-state index in [1.807, 2.05) is 30.5 Å². The van der Waals surface area contributed by atoms with E-state index in [-0.39, 0.29) is 11.4 Å². The summed E-state index contributed by atoms with van der Waals surface area (Å²) < 4.78 is 11.6. The summed E-state index contributed by atoms with van der Waals surface area (Å²) in [5.41, 5.74) is 5.74. The van der Waals surface area contributed by atoms with Crippen molar-refractivity contribution >= 4 is 5.91 Å². The van der Waals surface area contributed by atoms with Crippen LogP contribution in [0.4, 0.5) is 0 Å². The van der Waals surface area contributed by atoms with Crippen LogP contribution in [0.2, 0.25) is 0 Å². The van der Waals surface area contributed by atoms with Gasteiger partial charge >= 0.3 is 0 Å². The Bertz CT molecular complexity index is 1140. The van der Waals surface area contributed by atoms with Crippen molar-refractivity contribution in [3.8, 4) is 28.3 Å². The standard InChI is InChI=1S/C23H21N3O3/c1-28-15-5-2-13(3-6-15)18-8-17-14(10-25-18)4-7-16-20-19(29-21(16)17)9-23(11-24-12-23)26-22(20)27/h2-3,5-6,8,10,24H,4,7,9,11-12H2,1H3,(H,26,27). The Morgan fingerprint density at radius 2 is 2.00 bits per heavy atom. The molecule has 2 N–H and O–H groups in total. The largest absolute Gasteiger partial charge is 0.497 e. The van der Waals surface area contributed by atoms with Crippen LogP contribution in [0.5, 0.6) is 5.75 Å². The van der Waals surface area contributed by atoms with Gasteiger partial charge < -0.3 is 19.8 Å². The van der Waals surface area contributed by atoms with Crippen molar-refractivity contribution in [1.82, 2.24) is 15.6 Å². The van der Waals surface area contributed by atoms with Gasteiger partial charge in [0.2, 0.25) is 0 Å². The number of methoxy groups -OCH3 is 1. The topological polar surface area (TPSA) is 76.4 Å². The van der Waals surface area contributed by atoms with Gasteiger partial charge in [0.05, 0.1) is 23.9 Å². The third-order valence-electron chi connectivity index (χ3n) is 6.37. The second-order valence-electron chi connectivity index (χ2n) is 8.18. The molecule has 4 heterocycles. The molecule has 2 aromatic heterocycles. The maximum absolute atomic E-state index is 12.9. The fourth-order valence-electron chi connectivity index (χ4n) is 4.73. The maximum atomic E-state index is 12.9. The lowest BCUT2D eigenvalue weighted by Crippen LogP contribution is -2.71. The van der Waals surface area contributed by atoms with Crippen molar-refractivity contribution in [3.63, 3.8) is 0 Å². The lowest BCUT2D eigenvalue weighted by Gasteiger charge is -2.45. The zero-order valence-electron chi connectivity index (χ0n) is 16.2. The first-order valence-electron chi connectivity index (χ1n) is 9.97. The van der Waals surface area contributed by atoms with Gasteiger partial charge in [-0.1, -0.05) is 0 Å². The Hall–Kier alpha value is -3.12. The second-order valence-corrected chi connectivity index (χ2v) is 8.18. The van der Waals surface area contributed by atoms with E-state index < -0.39 is 0 Å². The number of amides is 1. The number of fused-ring (bicyclic) bond motifs is 5. The molecule has 1 fully saturated rings. The zero-order valence-corrected chi connectivity index (χ0v) is 16.2. The fraction of sp³-hybridized carbons (Fsp3) is 0.304. The minimum atomic E-state index is -0.181. The summed E-state index contributed by atoms with van der Waals surface area (Å²) in [6, 6.07) is 9.97. The molecular formula is C23H21N3O3. The Balaban J connectivity index is 1.44. The van der Waals surface area contributed by atoms with Crippen molar-refractivity contribution < 1.29 is 13.9 Å². The van der Waals surface area contributed by atoms with Crippen LogP contribution in [0, 0.1) is 0 Å². The summed E-state index contributed by atoms with van der Waals surface area (Å²) in [6.45, 7) is 1.59. The lowest BCUT2D eigenvalue weighted by molar-refractivity contribution is 0.0815. The third kappa shape index (κ3) is 2.45. The van der Waals surface area contributed by atoms with Crippen LogP contribution in [0.15, 0.2) is 40.9 Å². The van der Waals surface area contributed by atoms with Gasteiger partial charge in [0.15, 0.2) is 0 Å². The number of aryl methyl sites for hydroxylation is 1. The summed E-state index contributed by atoms with van der Waals surface area (Å²) >= 11 is 0. The number of carbonyl (C=O) groups is 1. The van der Waals surface area contributed by atoms with Crippen LogP contribution in [0.25, 0.3) is 22.6 Å². The predicted octanol–water partition coefficient (Wildman–Crippen LogP) is 2.74. The van der Waals surface area contributed by atoms with Crippen molar-refractivity contribution in [2.45, 2.75) is 24.8 Å². The first kappa shape index (κ1) is 16.8. The molecule has 0 atom stereocenters. The molecule has 0 saturated carbocycles. The first-order valence-corrected chi connectivity index (χ1v) is 9.97. The van der Waals surface area contributed by atoms with Crippen molar-refractivity contribution in [3.05, 3.63) is 59.0 Å². The van der Waals surface area contributed by atoms with E-state index >= 15 is 0 Å². The fourth-order valence-corrected chi connectivity index (χ4v) is 4.73. The van der Waals surface area contributed by atoms with Crippen LogP contribution in [0.1, 0.15) is 27.2 Å². The van der Waals surface area contributed by atoms with Gasteiger partial charge in [-0.25, -0.2) is 0 Å². The number of aromatic nitrogens is 1. The number of nitrogens with one attached hydrogen (secondary N) is 2.